The average molecular weight is 256 g/mol. The van der Waals surface area contributed by atoms with Crippen LogP contribution < -0.4 is 5.32 Å². The molecule has 0 spiro atoms. The maximum Gasteiger partial charge on any atom is 0.0523 e. The van der Waals surface area contributed by atoms with Crippen LogP contribution in [0.3, 0.4) is 0 Å². The molecule has 102 valence electrons. The molecule has 0 saturated carbocycles. The van der Waals surface area contributed by atoms with E-state index in [0.717, 1.165) is 13.1 Å². The van der Waals surface area contributed by atoms with Gasteiger partial charge in [0.25, 0.3) is 0 Å². The summed E-state index contributed by atoms with van der Waals surface area (Å²) in [7, 11) is 0. The van der Waals surface area contributed by atoms with Crippen molar-refractivity contribution in [1.29, 1.82) is 0 Å². The molecule has 1 aliphatic heterocycles. The van der Waals surface area contributed by atoms with Crippen LogP contribution in [0.15, 0.2) is 0 Å². The van der Waals surface area contributed by atoms with Crippen LogP contribution in [-0.2, 0) is 6.54 Å². The van der Waals surface area contributed by atoms with Crippen molar-refractivity contribution in [3.8, 4) is 0 Å². The maximum atomic E-state index is 3.54. The maximum absolute atomic E-state index is 3.54. The Kier molecular flexibility index (Phi) is 2.75. The number of rotatable bonds is 0. The molecule has 0 radical (unpaired) electrons. The van der Waals surface area contributed by atoms with Gasteiger partial charge in [0.1, 0.15) is 0 Å². The first-order valence-electron chi connectivity index (χ1n) is 7.25. The number of nitrogens with zero attached hydrogens (tertiary/aromatic N) is 1. The van der Waals surface area contributed by atoms with Crippen LogP contribution >= 0.6 is 0 Å². The van der Waals surface area contributed by atoms with E-state index in [0.29, 0.717) is 6.04 Å². The van der Waals surface area contributed by atoms with Crippen LogP contribution in [0.4, 0.5) is 0 Å². The molecule has 1 aliphatic rings. The van der Waals surface area contributed by atoms with Crippen LogP contribution in [0.25, 0.3) is 10.9 Å². The van der Waals surface area contributed by atoms with Crippen molar-refractivity contribution in [3.05, 3.63) is 33.5 Å². The molecule has 1 aromatic carbocycles. The molecular weight excluding hydrogens is 232 g/mol. The number of nitrogens with one attached hydrogen (secondary N) is 1. The van der Waals surface area contributed by atoms with Gasteiger partial charge in [0.2, 0.25) is 0 Å². The van der Waals surface area contributed by atoms with E-state index in [1.807, 2.05) is 0 Å². The van der Waals surface area contributed by atoms with E-state index in [4.69, 9.17) is 0 Å². The third-order valence-electron chi connectivity index (χ3n) is 5.17. The minimum Gasteiger partial charge on any atom is -0.339 e. The van der Waals surface area contributed by atoms with Gasteiger partial charge in [-0.25, -0.2) is 0 Å². The quantitative estimate of drug-likeness (QED) is 0.757. The molecule has 0 saturated heterocycles. The fourth-order valence-corrected chi connectivity index (χ4v) is 3.71. The SMILES string of the molecule is Cc1c(C)c(C)c2c(c1C)c(C)c1n2[C@H](C)CNC1. The summed E-state index contributed by atoms with van der Waals surface area (Å²) in [6.45, 7) is 15.8. The minimum atomic E-state index is 0.542. The van der Waals surface area contributed by atoms with Crippen LogP contribution in [0.1, 0.15) is 46.5 Å². The number of hydrogen-bond acceptors (Lipinski definition) is 1. The van der Waals surface area contributed by atoms with Crippen molar-refractivity contribution in [1.82, 2.24) is 9.88 Å². The van der Waals surface area contributed by atoms with Crippen LogP contribution in [0, 0.1) is 34.6 Å². The Morgan fingerprint density at radius 1 is 0.895 bits per heavy atom. The van der Waals surface area contributed by atoms with Gasteiger partial charge in [-0.1, -0.05) is 0 Å². The lowest BCUT2D eigenvalue weighted by Gasteiger charge is -2.26. The molecule has 3 rings (SSSR count). The van der Waals surface area contributed by atoms with Gasteiger partial charge in [0.15, 0.2) is 0 Å². The van der Waals surface area contributed by atoms with Gasteiger partial charge in [-0.15, -0.1) is 0 Å². The molecule has 2 heterocycles. The topological polar surface area (TPSA) is 17.0 Å². The molecule has 0 amide bonds. The lowest BCUT2D eigenvalue weighted by Crippen LogP contribution is -2.31. The van der Waals surface area contributed by atoms with Crippen molar-refractivity contribution in [2.24, 2.45) is 0 Å². The first-order chi connectivity index (χ1) is 8.95. The number of fused-ring (bicyclic) bond motifs is 3. The van der Waals surface area contributed by atoms with Crippen molar-refractivity contribution in [2.75, 3.05) is 6.54 Å². The summed E-state index contributed by atoms with van der Waals surface area (Å²) in [6.07, 6.45) is 0. The summed E-state index contributed by atoms with van der Waals surface area (Å²) in [5.74, 6) is 0. The number of aryl methyl sites for hydroxylation is 3. The zero-order valence-electron chi connectivity index (χ0n) is 12.9. The Morgan fingerprint density at radius 3 is 2.21 bits per heavy atom. The Bertz CT molecular complexity index is 677. The van der Waals surface area contributed by atoms with Gasteiger partial charge in [0.05, 0.1) is 5.52 Å². The summed E-state index contributed by atoms with van der Waals surface area (Å²) >= 11 is 0. The summed E-state index contributed by atoms with van der Waals surface area (Å²) in [5, 5.41) is 5.03. The van der Waals surface area contributed by atoms with Crippen LogP contribution in [0.2, 0.25) is 0 Å². The van der Waals surface area contributed by atoms with E-state index >= 15 is 0 Å². The van der Waals surface area contributed by atoms with E-state index in [1.54, 1.807) is 0 Å². The van der Waals surface area contributed by atoms with E-state index in [2.05, 4.69) is 51.4 Å². The number of hydrogen-bond donors (Lipinski definition) is 1. The second-order valence-corrected chi connectivity index (χ2v) is 6.15. The predicted octanol–water partition coefficient (Wildman–Crippen LogP) is 3.85. The van der Waals surface area contributed by atoms with Crippen molar-refractivity contribution in [3.63, 3.8) is 0 Å². The van der Waals surface area contributed by atoms with Crippen molar-refractivity contribution in [2.45, 2.75) is 54.1 Å². The van der Waals surface area contributed by atoms with E-state index in [-0.39, 0.29) is 0 Å². The highest BCUT2D eigenvalue weighted by molar-refractivity contribution is 5.93. The fourth-order valence-electron chi connectivity index (χ4n) is 3.71. The van der Waals surface area contributed by atoms with Crippen LogP contribution in [-0.4, -0.2) is 11.1 Å². The summed E-state index contributed by atoms with van der Waals surface area (Å²) in [6, 6.07) is 0.542. The molecule has 2 aromatic rings. The Labute approximate surface area is 115 Å². The molecule has 2 heteroatoms. The molecule has 19 heavy (non-hydrogen) atoms. The Hall–Kier alpha value is -1.28. The second kappa shape index (κ2) is 4.11. The zero-order valence-corrected chi connectivity index (χ0v) is 12.9. The molecule has 1 aromatic heterocycles. The monoisotopic (exact) mass is 256 g/mol. The average Bonchev–Trinajstić information content (AvgIpc) is 2.69. The minimum absolute atomic E-state index is 0.542. The summed E-state index contributed by atoms with van der Waals surface area (Å²) in [4.78, 5) is 0. The molecule has 0 fully saturated rings. The van der Waals surface area contributed by atoms with Gasteiger partial charge in [-0.05, 0) is 69.4 Å². The third-order valence-corrected chi connectivity index (χ3v) is 5.17. The van der Waals surface area contributed by atoms with Gasteiger partial charge in [0, 0.05) is 30.2 Å². The van der Waals surface area contributed by atoms with E-state index in [1.165, 1.54) is 44.4 Å². The smallest absolute Gasteiger partial charge is 0.0523 e. The molecular formula is C17H24N2. The first kappa shape index (κ1) is 12.7. The molecule has 0 aliphatic carbocycles. The standard InChI is InChI=1S/C17H24N2/c1-9-7-18-8-15-14(6)16-12(4)10(2)11(3)13(5)17(16)19(9)15/h9,18H,7-8H2,1-6H3/t9-/m1/s1. The number of aromatic nitrogens is 1. The van der Waals surface area contributed by atoms with Gasteiger partial charge >= 0.3 is 0 Å². The van der Waals surface area contributed by atoms with E-state index in [9.17, 15) is 0 Å². The molecule has 0 bridgehead atoms. The van der Waals surface area contributed by atoms with Gasteiger partial charge in [-0.3, -0.25) is 0 Å². The van der Waals surface area contributed by atoms with E-state index < -0.39 is 0 Å². The van der Waals surface area contributed by atoms with Crippen molar-refractivity contribution >= 4 is 10.9 Å². The zero-order chi connectivity index (χ0) is 13.9. The number of benzene rings is 1. The molecule has 1 atom stereocenters. The van der Waals surface area contributed by atoms with Crippen molar-refractivity contribution < 1.29 is 0 Å². The predicted molar refractivity (Wildman–Crippen MR) is 82.0 cm³/mol. The largest absolute Gasteiger partial charge is 0.339 e. The third kappa shape index (κ3) is 1.53. The highest BCUT2D eigenvalue weighted by Crippen LogP contribution is 2.37. The fraction of sp³-hybridized carbons (Fsp3) is 0.529. The normalized spacial score (nSPS) is 18.9. The highest BCUT2D eigenvalue weighted by atomic mass is 15.1. The van der Waals surface area contributed by atoms with Gasteiger partial charge < -0.3 is 9.88 Å². The summed E-state index contributed by atoms with van der Waals surface area (Å²) < 4.78 is 2.58. The second-order valence-electron chi connectivity index (χ2n) is 6.15. The first-order valence-corrected chi connectivity index (χ1v) is 7.25. The molecule has 2 nitrogen and oxygen atoms in total. The summed E-state index contributed by atoms with van der Waals surface area (Å²) in [5.41, 5.74) is 10.3. The lowest BCUT2D eigenvalue weighted by atomic mass is 9.94. The Balaban J connectivity index is 2.55. The highest BCUT2D eigenvalue weighted by Gasteiger charge is 2.25. The Morgan fingerprint density at radius 2 is 1.53 bits per heavy atom. The van der Waals surface area contributed by atoms with Crippen LogP contribution in [0.5, 0.6) is 0 Å². The molecule has 0 unspecified atom stereocenters. The molecule has 1 N–H and O–H groups in total. The van der Waals surface area contributed by atoms with Gasteiger partial charge in [-0.2, -0.15) is 0 Å². The lowest BCUT2D eigenvalue weighted by molar-refractivity contribution is 0.437.